The van der Waals surface area contributed by atoms with Crippen molar-refractivity contribution < 1.29 is 19.0 Å². The molecule has 7 nitrogen and oxygen atoms in total. The largest absolute Gasteiger partial charge is 0.490 e. The van der Waals surface area contributed by atoms with Crippen molar-refractivity contribution in [1.82, 2.24) is 5.32 Å². The summed E-state index contributed by atoms with van der Waals surface area (Å²) in [5.74, 6) is 1.48. The van der Waals surface area contributed by atoms with Crippen molar-refractivity contribution in [2.75, 3.05) is 25.1 Å². The number of nitriles is 1. The Labute approximate surface area is 223 Å². The Hall–Kier alpha value is -2.83. The van der Waals surface area contributed by atoms with Crippen molar-refractivity contribution in [2.24, 2.45) is 11.3 Å². The standard InChI is InChI=1S/C27H35N3O4S2/c1-7-32-20-12-16(13-21(33-8-2)23(20)34-9-3)24(31)29-26(35)30-25-19(15-28)18-11-10-17(27(4,5)6)14-22(18)36-25/h12-13,17H,7-11,14H2,1-6H3,(H2,29,30,31,35)/t17-/m1/s1. The molecule has 0 fully saturated rings. The zero-order valence-electron chi connectivity index (χ0n) is 21.9. The first kappa shape index (κ1) is 27.8. The number of thiophene rings is 1. The molecule has 0 saturated carbocycles. The minimum Gasteiger partial charge on any atom is -0.490 e. The molecular weight excluding hydrogens is 494 g/mol. The number of rotatable bonds is 8. The first-order valence-electron chi connectivity index (χ1n) is 12.4. The molecule has 1 aliphatic carbocycles. The van der Waals surface area contributed by atoms with Gasteiger partial charge in [-0.1, -0.05) is 20.8 Å². The zero-order valence-corrected chi connectivity index (χ0v) is 23.5. The third-order valence-corrected chi connectivity index (χ3v) is 7.60. The predicted molar refractivity (Wildman–Crippen MR) is 148 cm³/mol. The fraction of sp³-hybridized carbons (Fsp3) is 0.519. The minimum absolute atomic E-state index is 0.132. The van der Waals surface area contributed by atoms with Crippen molar-refractivity contribution in [1.29, 1.82) is 5.26 Å². The fourth-order valence-electron chi connectivity index (χ4n) is 4.36. The van der Waals surface area contributed by atoms with Crippen LogP contribution in [0.4, 0.5) is 5.00 Å². The lowest BCUT2D eigenvalue weighted by molar-refractivity contribution is 0.0976. The van der Waals surface area contributed by atoms with Gasteiger partial charge >= 0.3 is 0 Å². The Morgan fingerprint density at radius 1 is 1.14 bits per heavy atom. The smallest absolute Gasteiger partial charge is 0.257 e. The van der Waals surface area contributed by atoms with Crippen LogP contribution >= 0.6 is 23.6 Å². The monoisotopic (exact) mass is 529 g/mol. The summed E-state index contributed by atoms with van der Waals surface area (Å²) in [5.41, 5.74) is 2.27. The first-order chi connectivity index (χ1) is 17.1. The lowest BCUT2D eigenvalue weighted by atomic mass is 9.72. The zero-order chi connectivity index (χ0) is 26.5. The molecule has 9 heteroatoms. The van der Waals surface area contributed by atoms with Gasteiger partial charge in [0.05, 0.1) is 25.4 Å². The van der Waals surface area contributed by atoms with Crippen LogP contribution in [0.5, 0.6) is 17.2 Å². The van der Waals surface area contributed by atoms with Gasteiger partial charge in [0.25, 0.3) is 5.91 Å². The van der Waals surface area contributed by atoms with Crippen molar-refractivity contribution in [3.05, 3.63) is 33.7 Å². The highest BCUT2D eigenvalue weighted by Gasteiger charge is 2.32. The van der Waals surface area contributed by atoms with E-state index in [2.05, 4.69) is 37.5 Å². The number of thiocarbonyl (C=S) groups is 1. The van der Waals surface area contributed by atoms with Crippen LogP contribution in [0.2, 0.25) is 0 Å². The second-order valence-corrected chi connectivity index (χ2v) is 11.1. The molecule has 0 radical (unpaired) electrons. The van der Waals surface area contributed by atoms with Gasteiger partial charge in [-0.2, -0.15) is 5.26 Å². The van der Waals surface area contributed by atoms with Crippen molar-refractivity contribution in [3.8, 4) is 23.3 Å². The molecule has 0 aliphatic heterocycles. The molecule has 194 valence electrons. The molecule has 0 spiro atoms. The quantitative estimate of drug-likeness (QED) is 0.400. The summed E-state index contributed by atoms with van der Waals surface area (Å²) in [7, 11) is 0. The molecule has 1 heterocycles. The van der Waals surface area contributed by atoms with E-state index in [0.29, 0.717) is 59.1 Å². The summed E-state index contributed by atoms with van der Waals surface area (Å²) < 4.78 is 17.1. The fourth-order valence-corrected chi connectivity index (χ4v) is 5.90. The maximum Gasteiger partial charge on any atom is 0.257 e. The molecule has 0 saturated heterocycles. The Kier molecular flexibility index (Phi) is 9.20. The summed E-state index contributed by atoms with van der Waals surface area (Å²) in [6.07, 6.45) is 2.89. The Bertz CT molecular complexity index is 1130. The van der Waals surface area contributed by atoms with E-state index < -0.39 is 5.91 Å². The van der Waals surface area contributed by atoms with Gasteiger partial charge in [-0.3, -0.25) is 10.1 Å². The number of fused-ring (bicyclic) bond motifs is 1. The van der Waals surface area contributed by atoms with Crippen molar-refractivity contribution >= 4 is 39.6 Å². The molecule has 1 aromatic heterocycles. The molecule has 36 heavy (non-hydrogen) atoms. The van der Waals surface area contributed by atoms with Crippen LogP contribution in [-0.4, -0.2) is 30.8 Å². The van der Waals surface area contributed by atoms with E-state index in [4.69, 9.17) is 26.4 Å². The highest BCUT2D eigenvalue weighted by molar-refractivity contribution is 7.80. The summed E-state index contributed by atoms with van der Waals surface area (Å²) in [5, 5.41) is 16.5. The molecule has 0 unspecified atom stereocenters. The molecule has 2 aromatic rings. The number of nitrogens with one attached hydrogen (secondary N) is 2. The van der Waals surface area contributed by atoms with Gasteiger partial charge in [0.2, 0.25) is 5.75 Å². The normalized spacial score (nSPS) is 14.9. The number of hydrogen-bond acceptors (Lipinski definition) is 7. The summed E-state index contributed by atoms with van der Waals surface area (Å²) in [6.45, 7) is 13.6. The number of ether oxygens (including phenoxy) is 3. The van der Waals surface area contributed by atoms with E-state index in [1.807, 2.05) is 20.8 Å². The summed E-state index contributed by atoms with van der Waals surface area (Å²) >= 11 is 7.00. The molecule has 0 bridgehead atoms. The van der Waals surface area contributed by atoms with E-state index in [0.717, 1.165) is 24.8 Å². The van der Waals surface area contributed by atoms with E-state index in [9.17, 15) is 10.1 Å². The van der Waals surface area contributed by atoms with Crippen LogP contribution in [0.1, 0.15) is 74.3 Å². The number of nitrogens with zero attached hydrogens (tertiary/aromatic N) is 1. The lowest BCUT2D eigenvalue weighted by Gasteiger charge is -2.33. The van der Waals surface area contributed by atoms with Crippen LogP contribution in [0.15, 0.2) is 12.1 Å². The molecule has 2 N–H and O–H groups in total. The van der Waals surface area contributed by atoms with Gasteiger partial charge in [-0.25, -0.2) is 0 Å². The average Bonchev–Trinajstić information content (AvgIpc) is 3.16. The topological polar surface area (TPSA) is 92.6 Å². The number of amides is 1. The minimum atomic E-state index is -0.412. The van der Waals surface area contributed by atoms with Crippen molar-refractivity contribution in [2.45, 2.75) is 60.8 Å². The molecule has 3 rings (SSSR count). The van der Waals surface area contributed by atoms with Crippen LogP contribution < -0.4 is 24.8 Å². The number of hydrogen-bond donors (Lipinski definition) is 2. The highest BCUT2D eigenvalue weighted by atomic mass is 32.1. The average molecular weight is 530 g/mol. The van der Waals surface area contributed by atoms with E-state index in [1.54, 1.807) is 23.5 Å². The SMILES string of the molecule is CCOc1cc(C(=O)NC(=S)Nc2sc3c(c2C#N)CC[C@@H](C(C)(C)C)C3)cc(OCC)c1OCC. The van der Waals surface area contributed by atoms with Gasteiger partial charge < -0.3 is 19.5 Å². The number of carbonyl (C=O) groups excluding carboxylic acids is 1. The summed E-state index contributed by atoms with van der Waals surface area (Å²) in [4.78, 5) is 14.3. The number of carbonyl (C=O) groups is 1. The van der Waals surface area contributed by atoms with Crippen LogP contribution in [0, 0.1) is 22.7 Å². The van der Waals surface area contributed by atoms with E-state index in [1.165, 1.54) is 4.88 Å². The Morgan fingerprint density at radius 2 is 1.75 bits per heavy atom. The number of benzene rings is 1. The summed E-state index contributed by atoms with van der Waals surface area (Å²) in [6, 6.07) is 5.57. The third-order valence-electron chi connectivity index (χ3n) is 6.23. The maximum atomic E-state index is 13.1. The van der Waals surface area contributed by atoms with Gasteiger partial charge in [0.1, 0.15) is 11.1 Å². The third kappa shape index (κ3) is 6.29. The second kappa shape index (κ2) is 11.9. The molecule has 1 aromatic carbocycles. The van der Waals surface area contributed by atoms with Crippen molar-refractivity contribution in [3.63, 3.8) is 0 Å². The van der Waals surface area contributed by atoms with Crippen LogP contribution in [0.3, 0.4) is 0 Å². The lowest BCUT2D eigenvalue weighted by Crippen LogP contribution is -2.34. The van der Waals surface area contributed by atoms with Crippen LogP contribution in [-0.2, 0) is 12.8 Å². The Morgan fingerprint density at radius 3 is 2.28 bits per heavy atom. The maximum absolute atomic E-state index is 13.1. The molecule has 1 amide bonds. The first-order valence-corrected chi connectivity index (χ1v) is 13.6. The van der Waals surface area contributed by atoms with Gasteiger partial charge in [0.15, 0.2) is 16.6 Å². The van der Waals surface area contributed by atoms with Crippen LogP contribution in [0.25, 0.3) is 0 Å². The van der Waals surface area contributed by atoms with E-state index >= 15 is 0 Å². The van der Waals surface area contributed by atoms with Gasteiger partial charge in [-0.15, -0.1) is 11.3 Å². The molecule has 1 aliphatic rings. The predicted octanol–water partition coefficient (Wildman–Crippen LogP) is 6.09. The highest BCUT2D eigenvalue weighted by Crippen LogP contribution is 2.44. The van der Waals surface area contributed by atoms with Gasteiger partial charge in [0, 0.05) is 10.4 Å². The molecular formula is C27H35N3O4S2. The Balaban J connectivity index is 1.80. The molecule has 1 atom stereocenters. The van der Waals surface area contributed by atoms with E-state index in [-0.39, 0.29) is 10.5 Å². The number of anilines is 1. The second-order valence-electron chi connectivity index (χ2n) is 9.63. The van der Waals surface area contributed by atoms with Gasteiger partial charge in [-0.05, 0) is 81.3 Å².